The maximum Gasteiger partial charge on any atom is 0.254 e. The summed E-state index contributed by atoms with van der Waals surface area (Å²) in [5, 5.41) is 13.8. The molecule has 1 aliphatic heterocycles. The van der Waals surface area contributed by atoms with Gasteiger partial charge in [-0.1, -0.05) is 18.2 Å². The van der Waals surface area contributed by atoms with Crippen LogP contribution in [0.4, 0.5) is 0 Å². The third-order valence-corrected chi connectivity index (χ3v) is 3.32. The van der Waals surface area contributed by atoms with E-state index in [0.29, 0.717) is 17.4 Å². The van der Waals surface area contributed by atoms with E-state index in [0.717, 1.165) is 18.5 Å². The average molecular weight is 243 g/mol. The number of H-pyrrole nitrogens is 1. The van der Waals surface area contributed by atoms with Crippen LogP contribution in [0.2, 0.25) is 0 Å². The summed E-state index contributed by atoms with van der Waals surface area (Å²) in [5.41, 5.74) is 1.35. The number of tetrazole rings is 1. The number of aromatic nitrogens is 4. The Hall–Kier alpha value is -2.24. The van der Waals surface area contributed by atoms with E-state index in [1.165, 1.54) is 0 Å². The van der Waals surface area contributed by atoms with Crippen molar-refractivity contribution in [2.24, 2.45) is 0 Å². The Bertz CT molecular complexity index is 566. The molecule has 1 saturated heterocycles. The lowest BCUT2D eigenvalue weighted by molar-refractivity contribution is 0.0503. The molecule has 2 heterocycles. The number of likely N-dealkylation sites (tertiary alicyclic amines) is 1. The van der Waals surface area contributed by atoms with Crippen molar-refractivity contribution in [3.05, 3.63) is 29.8 Å². The third-order valence-electron chi connectivity index (χ3n) is 3.32. The first-order valence-electron chi connectivity index (χ1n) is 5.91. The number of amides is 1. The maximum absolute atomic E-state index is 12.4. The summed E-state index contributed by atoms with van der Waals surface area (Å²) in [5.74, 6) is 0.487. The summed E-state index contributed by atoms with van der Waals surface area (Å²) < 4.78 is 0. The summed E-state index contributed by atoms with van der Waals surface area (Å²) in [6.45, 7) is 2.87. The number of carbonyl (C=O) groups is 1. The largest absolute Gasteiger partial charge is 0.336 e. The van der Waals surface area contributed by atoms with Crippen molar-refractivity contribution in [1.82, 2.24) is 25.5 Å². The van der Waals surface area contributed by atoms with Gasteiger partial charge in [0.05, 0.1) is 5.56 Å². The van der Waals surface area contributed by atoms with Gasteiger partial charge in [0.2, 0.25) is 5.82 Å². The molecule has 0 aliphatic carbocycles. The van der Waals surface area contributed by atoms with Crippen LogP contribution in [0.5, 0.6) is 0 Å². The first-order valence-corrected chi connectivity index (χ1v) is 5.91. The smallest absolute Gasteiger partial charge is 0.254 e. The molecule has 0 spiro atoms. The summed E-state index contributed by atoms with van der Waals surface area (Å²) in [6.07, 6.45) is 1.07. The molecule has 0 bridgehead atoms. The molecule has 0 saturated carbocycles. The van der Waals surface area contributed by atoms with Crippen LogP contribution < -0.4 is 0 Å². The molecule has 92 valence electrons. The molecule has 18 heavy (non-hydrogen) atoms. The predicted molar refractivity (Wildman–Crippen MR) is 64.7 cm³/mol. The highest BCUT2D eigenvalue weighted by Gasteiger charge is 2.30. The number of rotatable bonds is 2. The van der Waals surface area contributed by atoms with Crippen molar-refractivity contribution < 1.29 is 4.79 Å². The normalized spacial score (nSPS) is 18.5. The summed E-state index contributed by atoms with van der Waals surface area (Å²) in [6, 6.07) is 7.67. The predicted octanol–water partition coefficient (Wildman–Crippen LogP) is 1.10. The van der Waals surface area contributed by atoms with E-state index in [2.05, 4.69) is 27.5 Å². The van der Waals surface area contributed by atoms with E-state index in [9.17, 15) is 4.79 Å². The van der Waals surface area contributed by atoms with Gasteiger partial charge in [0.25, 0.3) is 5.91 Å². The van der Waals surface area contributed by atoms with Gasteiger partial charge in [-0.2, -0.15) is 5.21 Å². The molecule has 1 amide bonds. The first kappa shape index (κ1) is 10.9. The standard InChI is InChI=1S/C12H13N5O/c1-8-6-7-17(8)12(18)10-5-3-2-4-9(10)11-13-15-16-14-11/h2-5,8H,6-7H2,1H3,(H,13,14,15,16). The number of nitrogens with one attached hydrogen (secondary N) is 1. The van der Waals surface area contributed by atoms with Crippen molar-refractivity contribution in [2.75, 3.05) is 6.54 Å². The zero-order valence-electron chi connectivity index (χ0n) is 10.00. The Morgan fingerprint density at radius 2 is 2.28 bits per heavy atom. The molecule has 0 radical (unpaired) electrons. The second-order valence-electron chi connectivity index (χ2n) is 4.42. The second-order valence-corrected chi connectivity index (χ2v) is 4.42. The van der Waals surface area contributed by atoms with E-state index in [-0.39, 0.29) is 5.91 Å². The molecule has 6 nitrogen and oxygen atoms in total. The topological polar surface area (TPSA) is 74.8 Å². The number of hydrogen-bond donors (Lipinski definition) is 1. The highest BCUT2D eigenvalue weighted by atomic mass is 16.2. The summed E-state index contributed by atoms with van der Waals surface area (Å²) >= 11 is 0. The van der Waals surface area contributed by atoms with E-state index in [1.807, 2.05) is 23.1 Å². The highest BCUT2D eigenvalue weighted by Crippen LogP contribution is 2.25. The van der Waals surface area contributed by atoms with Crippen molar-refractivity contribution in [1.29, 1.82) is 0 Å². The molecule has 1 atom stereocenters. The summed E-state index contributed by atoms with van der Waals surface area (Å²) in [7, 11) is 0. The minimum Gasteiger partial charge on any atom is -0.336 e. The Morgan fingerprint density at radius 1 is 1.44 bits per heavy atom. The quantitative estimate of drug-likeness (QED) is 0.857. The van der Waals surface area contributed by atoms with Crippen molar-refractivity contribution in [2.45, 2.75) is 19.4 Å². The van der Waals surface area contributed by atoms with Crippen LogP contribution in [0.25, 0.3) is 11.4 Å². The molecular weight excluding hydrogens is 230 g/mol. The fourth-order valence-corrected chi connectivity index (χ4v) is 2.11. The minimum absolute atomic E-state index is 0.0363. The Balaban J connectivity index is 1.99. The van der Waals surface area contributed by atoms with Gasteiger partial charge in [0.1, 0.15) is 0 Å². The molecule has 2 aromatic rings. The van der Waals surface area contributed by atoms with Crippen LogP contribution in [0.1, 0.15) is 23.7 Å². The van der Waals surface area contributed by atoms with E-state index in [4.69, 9.17) is 0 Å². The molecule has 1 unspecified atom stereocenters. The van der Waals surface area contributed by atoms with Gasteiger partial charge in [0.15, 0.2) is 0 Å². The lowest BCUT2D eigenvalue weighted by Gasteiger charge is -2.39. The molecular formula is C12H13N5O. The molecule has 3 rings (SSSR count). The van der Waals surface area contributed by atoms with Crippen LogP contribution in [-0.2, 0) is 0 Å². The van der Waals surface area contributed by atoms with Gasteiger partial charge in [-0.15, -0.1) is 10.2 Å². The Morgan fingerprint density at radius 3 is 2.89 bits per heavy atom. The van der Waals surface area contributed by atoms with Crippen LogP contribution in [0, 0.1) is 0 Å². The fourth-order valence-electron chi connectivity index (χ4n) is 2.11. The van der Waals surface area contributed by atoms with Gasteiger partial charge in [-0.3, -0.25) is 4.79 Å². The van der Waals surface area contributed by atoms with Crippen molar-refractivity contribution in [3.63, 3.8) is 0 Å². The zero-order valence-corrected chi connectivity index (χ0v) is 10.00. The van der Waals surface area contributed by atoms with Crippen LogP contribution in [0.15, 0.2) is 24.3 Å². The lowest BCUT2D eigenvalue weighted by Crippen LogP contribution is -2.49. The number of nitrogens with zero attached hydrogens (tertiary/aromatic N) is 4. The van der Waals surface area contributed by atoms with Gasteiger partial charge in [-0.05, 0) is 24.6 Å². The first-order chi connectivity index (χ1) is 8.77. The zero-order chi connectivity index (χ0) is 12.5. The molecule has 1 fully saturated rings. The van der Waals surface area contributed by atoms with Crippen molar-refractivity contribution >= 4 is 5.91 Å². The van der Waals surface area contributed by atoms with Gasteiger partial charge in [-0.25, -0.2) is 0 Å². The Kier molecular flexibility index (Phi) is 2.55. The summed E-state index contributed by atoms with van der Waals surface area (Å²) in [4.78, 5) is 14.3. The average Bonchev–Trinajstić information content (AvgIpc) is 2.90. The third kappa shape index (κ3) is 1.66. The van der Waals surface area contributed by atoms with Gasteiger partial charge < -0.3 is 4.90 Å². The highest BCUT2D eigenvalue weighted by molar-refractivity contribution is 6.00. The molecule has 6 heteroatoms. The maximum atomic E-state index is 12.4. The number of aromatic amines is 1. The van der Waals surface area contributed by atoms with Gasteiger partial charge >= 0.3 is 0 Å². The van der Waals surface area contributed by atoms with Crippen LogP contribution >= 0.6 is 0 Å². The lowest BCUT2D eigenvalue weighted by atomic mass is 10.00. The molecule has 1 aliphatic rings. The monoisotopic (exact) mass is 243 g/mol. The molecule has 1 aromatic heterocycles. The van der Waals surface area contributed by atoms with Crippen LogP contribution in [0.3, 0.4) is 0 Å². The number of hydrogen-bond acceptors (Lipinski definition) is 4. The van der Waals surface area contributed by atoms with Gasteiger partial charge in [0, 0.05) is 18.2 Å². The number of carbonyl (C=O) groups excluding carboxylic acids is 1. The number of benzene rings is 1. The molecule has 1 aromatic carbocycles. The SMILES string of the molecule is CC1CCN1C(=O)c1ccccc1-c1nn[nH]n1. The van der Waals surface area contributed by atoms with Crippen molar-refractivity contribution in [3.8, 4) is 11.4 Å². The second kappa shape index (κ2) is 4.21. The van der Waals surface area contributed by atoms with E-state index in [1.54, 1.807) is 6.07 Å². The fraction of sp³-hybridized carbons (Fsp3) is 0.333. The Labute approximate surface area is 104 Å². The molecule has 1 N–H and O–H groups in total. The minimum atomic E-state index is 0.0363. The van der Waals surface area contributed by atoms with E-state index >= 15 is 0 Å². The van der Waals surface area contributed by atoms with Crippen LogP contribution in [-0.4, -0.2) is 44.0 Å². The van der Waals surface area contributed by atoms with E-state index < -0.39 is 0 Å².